The summed E-state index contributed by atoms with van der Waals surface area (Å²) < 4.78 is 5.90. The van der Waals surface area contributed by atoms with Gasteiger partial charge in [0.1, 0.15) is 0 Å². The molecule has 0 amide bonds. The van der Waals surface area contributed by atoms with Gasteiger partial charge >= 0.3 is 0 Å². The molecule has 2 fully saturated rings. The van der Waals surface area contributed by atoms with Gasteiger partial charge in [-0.05, 0) is 38.1 Å². The largest absolute Gasteiger partial charge is 0.378 e. The van der Waals surface area contributed by atoms with Crippen molar-refractivity contribution >= 4 is 0 Å². The van der Waals surface area contributed by atoms with Gasteiger partial charge in [0.25, 0.3) is 0 Å². The van der Waals surface area contributed by atoms with Crippen molar-refractivity contribution in [1.82, 2.24) is 5.32 Å². The molecule has 2 heteroatoms. The fourth-order valence-corrected chi connectivity index (χ4v) is 3.89. The van der Waals surface area contributed by atoms with Crippen LogP contribution in [0.4, 0.5) is 0 Å². The molecule has 0 aromatic carbocycles. The molecule has 1 aliphatic carbocycles. The fourth-order valence-electron chi connectivity index (χ4n) is 3.89. The summed E-state index contributed by atoms with van der Waals surface area (Å²) >= 11 is 0. The second-order valence-electron chi connectivity index (χ2n) is 6.22. The van der Waals surface area contributed by atoms with Gasteiger partial charge in [-0.15, -0.1) is 0 Å². The lowest BCUT2D eigenvalue weighted by molar-refractivity contribution is 0.0743. The highest BCUT2D eigenvalue weighted by Crippen LogP contribution is 2.34. The van der Waals surface area contributed by atoms with Crippen molar-refractivity contribution in [3.8, 4) is 0 Å². The molecule has 0 radical (unpaired) electrons. The fraction of sp³-hybridized carbons (Fsp3) is 1.00. The van der Waals surface area contributed by atoms with Crippen LogP contribution in [0.5, 0.6) is 0 Å². The minimum Gasteiger partial charge on any atom is -0.378 e. The van der Waals surface area contributed by atoms with Gasteiger partial charge in [0, 0.05) is 18.6 Å². The summed E-state index contributed by atoms with van der Waals surface area (Å²) in [5, 5.41) is 3.82. The van der Waals surface area contributed by atoms with Crippen LogP contribution in [-0.4, -0.2) is 25.3 Å². The van der Waals surface area contributed by atoms with E-state index in [9.17, 15) is 0 Å². The summed E-state index contributed by atoms with van der Waals surface area (Å²) in [5.74, 6) is 1.75. The predicted molar refractivity (Wildman–Crippen MR) is 76.8 cm³/mol. The Morgan fingerprint density at radius 3 is 2.61 bits per heavy atom. The van der Waals surface area contributed by atoms with Gasteiger partial charge in [-0.2, -0.15) is 0 Å². The van der Waals surface area contributed by atoms with Crippen LogP contribution in [0.15, 0.2) is 0 Å². The quantitative estimate of drug-likeness (QED) is 0.746. The van der Waals surface area contributed by atoms with Gasteiger partial charge in [0.05, 0.1) is 6.10 Å². The molecule has 0 aromatic rings. The van der Waals surface area contributed by atoms with E-state index >= 15 is 0 Å². The lowest BCUT2D eigenvalue weighted by atomic mass is 9.84. The monoisotopic (exact) mass is 253 g/mol. The van der Waals surface area contributed by atoms with E-state index in [1.54, 1.807) is 0 Å². The van der Waals surface area contributed by atoms with Crippen LogP contribution < -0.4 is 5.32 Å². The molecule has 1 heterocycles. The normalized spacial score (nSPS) is 31.0. The summed E-state index contributed by atoms with van der Waals surface area (Å²) in [7, 11) is 0. The molecule has 1 N–H and O–H groups in total. The van der Waals surface area contributed by atoms with Crippen LogP contribution in [-0.2, 0) is 4.74 Å². The summed E-state index contributed by atoms with van der Waals surface area (Å²) in [6, 6.07) is 0.709. The molecular formula is C16H31NO. The summed E-state index contributed by atoms with van der Waals surface area (Å²) in [5.41, 5.74) is 0. The van der Waals surface area contributed by atoms with Gasteiger partial charge in [0.2, 0.25) is 0 Å². The maximum atomic E-state index is 5.90. The van der Waals surface area contributed by atoms with E-state index < -0.39 is 0 Å². The van der Waals surface area contributed by atoms with E-state index in [-0.39, 0.29) is 0 Å². The predicted octanol–water partition coefficient (Wildman–Crippen LogP) is 3.75. The molecule has 1 saturated heterocycles. The summed E-state index contributed by atoms with van der Waals surface area (Å²) in [6.45, 7) is 6.69. The molecule has 3 unspecified atom stereocenters. The molecule has 1 aliphatic heterocycles. The Morgan fingerprint density at radius 1 is 1.17 bits per heavy atom. The first-order valence-corrected chi connectivity index (χ1v) is 8.20. The Bertz CT molecular complexity index is 225. The highest BCUT2D eigenvalue weighted by Gasteiger charge is 2.34. The zero-order valence-electron chi connectivity index (χ0n) is 12.3. The first kappa shape index (κ1) is 14.3. The Morgan fingerprint density at radius 2 is 1.94 bits per heavy atom. The van der Waals surface area contributed by atoms with E-state index in [0.717, 1.165) is 18.4 Å². The average Bonchev–Trinajstić information content (AvgIpc) is 3.04. The van der Waals surface area contributed by atoms with Crippen molar-refractivity contribution in [2.45, 2.75) is 77.4 Å². The summed E-state index contributed by atoms with van der Waals surface area (Å²) in [6.07, 6.45) is 11.5. The van der Waals surface area contributed by atoms with E-state index in [0.29, 0.717) is 12.1 Å². The molecule has 2 aliphatic rings. The van der Waals surface area contributed by atoms with Crippen molar-refractivity contribution in [1.29, 1.82) is 0 Å². The van der Waals surface area contributed by atoms with Crippen molar-refractivity contribution in [2.24, 2.45) is 11.8 Å². The lowest BCUT2D eigenvalue weighted by Gasteiger charge is -2.30. The van der Waals surface area contributed by atoms with Gasteiger partial charge < -0.3 is 10.1 Å². The summed E-state index contributed by atoms with van der Waals surface area (Å²) in [4.78, 5) is 0. The molecule has 106 valence electrons. The Labute approximate surface area is 113 Å². The molecule has 0 spiro atoms. The Hall–Kier alpha value is -0.0800. The first-order chi connectivity index (χ1) is 8.85. The molecule has 18 heavy (non-hydrogen) atoms. The minimum absolute atomic E-state index is 0.515. The van der Waals surface area contributed by atoms with Crippen molar-refractivity contribution in [2.75, 3.05) is 13.2 Å². The van der Waals surface area contributed by atoms with E-state index in [1.165, 1.54) is 57.9 Å². The zero-order valence-corrected chi connectivity index (χ0v) is 12.3. The number of hydrogen-bond donors (Lipinski definition) is 1. The molecule has 0 aromatic heterocycles. The highest BCUT2D eigenvalue weighted by atomic mass is 16.5. The van der Waals surface area contributed by atoms with E-state index in [2.05, 4.69) is 19.2 Å². The maximum Gasteiger partial charge on any atom is 0.0616 e. The Balaban J connectivity index is 1.89. The van der Waals surface area contributed by atoms with Gasteiger partial charge in [-0.25, -0.2) is 0 Å². The van der Waals surface area contributed by atoms with Crippen LogP contribution in [0.3, 0.4) is 0 Å². The van der Waals surface area contributed by atoms with Crippen LogP contribution in [0.1, 0.15) is 65.2 Å². The number of rotatable bonds is 7. The minimum atomic E-state index is 0.515. The third kappa shape index (κ3) is 3.71. The second-order valence-corrected chi connectivity index (χ2v) is 6.22. The molecule has 2 rings (SSSR count). The van der Waals surface area contributed by atoms with Gasteiger partial charge in [0.15, 0.2) is 0 Å². The highest BCUT2D eigenvalue weighted by molar-refractivity contribution is 4.88. The maximum absolute atomic E-state index is 5.90. The first-order valence-electron chi connectivity index (χ1n) is 8.20. The zero-order chi connectivity index (χ0) is 12.8. The second kappa shape index (κ2) is 7.49. The van der Waals surface area contributed by atoms with E-state index in [4.69, 9.17) is 4.74 Å². The lowest BCUT2D eigenvalue weighted by Crippen LogP contribution is -2.41. The molecule has 2 nitrogen and oxygen atoms in total. The van der Waals surface area contributed by atoms with Crippen LogP contribution in [0, 0.1) is 11.8 Å². The average molecular weight is 253 g/mol. The van der Waals surface area contributed by atoms with Crippen molar-refractivity contribution < 1.29 is 4.74 Å². The van der Waals surface area contributed by atoms with Crippen LogP contribution in [0.2, 0.25) is 0 Å². The van der Waals surface area contributed by atoms with Crippen LogP contribution in [0.25, 0.3) is 0 Å². The van der Waals surface area contributed by atoms with E-state index in [1.807, 2.05) is 0 Å². The van der Waals surface area contributed by atoms with Crippen molar-refractivity contribution in [3.63, 3.8) is 0 Å². The molecule has 3 atom stereocenters. The third-order valence-electron chi connectivity index (χ3n) is 4.90. The SMILES string of the molecule is CCCNC(CC1CCCC1)C1CCOC1CC. The number of hydrogen-bond acceptors (Lipinski definition) is 2. The molecule has 0 bridgehead atoms. The van der Waals surface area contributed by atoms with Crippen molar-refractivity contribution in [3.05, 3.63) is 0 Å². The Kier molecular flexibility index (Phi) is 5.97. The van der Waals surface area contributed by atoms with Gasteiger partial charge in [-0.1, -0.05) is 39.5 Å². The third-order valence-corrected chi connectivity index (χ3v) is 4.90. The van der Waals surface area contributed by atoms with Crippen LogP contribution >= 0.6 is 0 Å². The molecular weight excluding hydrogens is 222 g/mol. The standard InChI is InChI=1S/C16H31NO/c1-3-10-17-15(12-13-7-5-6-8-13)14-9-11-18-16(14)4-2/h13-17H,3-12H2,1-2H3. The van der Waals surface area contributed by atoms with Gasteiger partial charge in [-0.3, -0.25) is 0 Å². The topological polar surface area (TPSA) is 21.3 Å². The number of ether oxygens (including phenoxy) is 1. The number of nitrogens with one attached hydrogen (secondary N) is 1. The smallest absolute Gasteiger partial charge is 0.0616 e. The molecule has 1 saturated carbocycles.